The highest BCUT2D eigenvalue weighted by Crippen LogP contribution is 2.34. The van der Waals surface area contributed by atoms with Crippen molar-refractivity contribution in [2.45, 2.75) is 12.5 Å². The quantitative estimate of drug-likeness (QED) is 0.211. The smallest absolute Gasteiger partial charge is 0.253 e. The number of amidine groups is 1. The molecule has 168 valence electrons. The van der Waals surface area contributed by atoms with Crippen LogP contribution in [0, 0.1) is 5.41 Å². The van der Waals surface area contributed by atoms with Crippen LogP contribution in [0.2, 0.25) is 10.0 Å². The number of aromatic nitrogens is 1. The number of nitrogens with two attached hydrogens (primary N) is 3. The molecule has 0 saturated carbocycles. The van der Waals surface area contributed by atoms with E-state index in [1.165, 1.54) is 18.6 Å². The summed E-state index contributed by atoms with van der Waals surface area (Å²) in [6.07, 6.45) is 6.37. The molecule has 0 spiro atoms. The highest BCUT2D eigenvalue weighted by molar-refractivity contribution is 6.34. The number of aromatic hydroxyl groups is 1. The number of benzene rings is 1. The molecule has 1 aromatic heterocycles. The molecule has 2 heterocycles. The van der Waals surface area contributed by atoms with Crippen LogP contribution in [0.5, 0.6) is 5.75 Å². The van der Waals surface area contributed by atoms with Crippen LogP contribution in [0.3, 0.4) is 0 Å². The topological polar surface area (TPSA) is 167 Å². The maximum Gasteiger partial charge on any atom is 0.253 e. The molecule has 9 N–H and O–H groups in total. The van der Waals surface area contributed by atoms with Crippen LogP contribution in [-0.4, -0.2) is 41.0 Å². The highest BCUT2D eigenvalue weighted by Gasteiger charge is 2.29. The lowest BCUT2D eigenvalue weighted by atomic mass is 10.0. The molecule has 0 bridgehead atoms. The van der Waals surface area contributed by atoms with Gasteiger partial charge in [-0.3, -0.25) is 10.2 Å². The molecule has 1 amide bonds. The number of nitrogen functional groups attached to an aromatic ring is 1. The predicted octanol–water partition coefficient (Wildman–Crippen LogP) is 2.16. The van der Waals surface area contributed by atoms with Crippen molar-refractivity contribution in [2.75, 3.05) is 18.0 Å². The molecule has 2 aromatic rings. The van der Waals surface area contributed by atoms with Gasteiger partial charge in [-0.05, 0) is 42.0 Å². The Morgan fingerprint density at radius 3 is 2.69 bits per heavy atom. The second kappa shape index (κ2) is 9.80. The van der Waals surface area contributed by atoms with Gasteiger partial charge in [0, 0.05) is 31.5 Å². The molecule has 0 radical (unpaired) electrons. The molecule has 1 aliphatic rings. The van der Waals surface area contributed by atoms with Gasteiger partial charge in [-0.2, -0.15) is 0 Å². The summed E-state index contributed by atoms with van der Waals surface area (Å²) in [7, 11) is 0. The monoisotopic (exact) mass is 475 g/mol. The molecular formula is C21H23Cl2N7O2. The number of allylic oxidation sites excluding steroid dienone is 2. The van der Waals surface area contributed by atoms with Crippen LogP contribution in [-0.2, 0) is 0 Å². The molecular weight excluding hydrogens is 453 g/mol. The number of carbonyl (C=O) groups is 1. The average Bonchev–Trinajstić information content (AvgIpc) is 3.19. The fraction of sp³-hybridized carbons (Fsp3) is 0.190. The molecule has 1 fully saturated rings. The average molecular weight is 476 g/mol. The van der Waals surface area contributed by atoms with E-state index in [-0.39, 0.29) is 45.0 Å². The van der Waals surface area contributed by atoms with Gasteiger partial charge in [0.15, 0.2) is 11.6 Å². The Balaban J connectivity index is 1.72. The Labute approximate surface area is 195 Å². The highest BCUT2D eigenvalue weighted by atomic mass is 35.5. The first-order valence-corrected chi connectivity index (χ1v) is 10.4. The number of amides is 1. The van der Waals surface area contributed by atoms with Crippen molar-refractivity contribution in [3.63, 3.8) is 0 Å². The summed E-state index contributed by atoms with van der Waals surface area (Å²) < 4.78 is 0. The second-order valence-electron chi connectivity index (χ2n) is 7.15. The van der Waals surface area contributed by atoms with Crippen molar-refractivity contribution in [1.29, 1.82) is 5.41 Å². The number of hydrogen-bond acceptors (Lipinski definition) is 7. The summed E-state index contributed by atoms with van der Waals surface area (Å²) in [5.41, 5.74) is 18.3. The number of hydrogen-bond donors (Lipinski definition) is 6. The van der Waals surface area contributed by atoms with E-state index in [2.05, 4.69) is 10.3 Å². The lowest BCUT2D eigenvalue weighted by Crippen LogP contribution is -2.37. The van der Waals surface area contributed by atoms with Crippen LogP contribution in [0.15, 0.2) is 42.9 Å². The van der Waals surface area contributed by atoms with E-state index in [0.29, 0.717) is 30.6 Å². The van der Waals surface area contributed by atoms with Gasteiger partial charge in [-0.25, -0.2) is 4.98 Å². The van der Waals surface area contributed by atoms with Crippen molar-refractivity contribution in [3.05, 3.63) is 69.6 Å². The first kappa shape index (κ1) is 23.2. The van der Waals surface area contributed by atoms with Gasteiger partial charge in [-0.15, -0.1) is 0 Å². The maximum absolute atomic E-state index is 12.8. The molecule has 1 unspecified atom stereocenters. The van der Waals surface area contributed by atoms with Crippen molar-refractivity contribution < 1.29 is 9.90 Å². The standard InChI is InChI=1S/C21H23Cl2N7O2/c22-15-7-11(12(8-25)3-5-24)1-2-14(15)21(32)29-13-4-6-30(10-13)20-18(31)17(19(26)27)16(23)9-28-20/h1-3,5,7-9,13,31H,4,6,10,24-25H2,(H3,26,27)(H,29,32)/b5-3-,12-8+. The van der Waals surface area contributed by atoms with Gasteiger partial charge in [0.2, 0.25) is 0 Å². The van der Waals surface area contributed by atoms with Gasteiger partial charge in [0.05, 0.1) is 21.2 Å². The van der Waals surface area contributed by atoms with Gasteiger partial charge in [0.25, 0.3) is 5.91 Å². The molecule has 3 rings (SSSR count). The summed E-state index contributed by atoms with van der Waals surface area (Å²) in [4.78, 5) is 18.7. The summed E-state index contributed by atoms with van der Waals surface area (Å²) in [6, 6.07) is 4.81. The summed E-state index contributed by atoms with van der Waals surface area (Å²) in [5, 5.41) is 21.4. The van der Waals surface area contributed by atoms with E-state index < -0.39 is 0 Å². The maximum atomic E-state index is 12.8. The van der Waals surface area contributed by atoms with Gasteiger partial charge in [-0.1, -0.05) is 29.3 Å². The largest absolute Gasteiger partial charge is 0.504 e. The molecule has 11 heteroatoms. The third-order valence-electron chi connectivity index (χ3n) is 5.08. The number of carbonyl (C=O) groups excluding carboxylic acids is 1. The molecule has 1 aromatic carbocycles. The fourth-order valence-corrected chi connectivity index (χ4v) is 4.03. The Kier molecular flexibility index (Phi) is 7.12. The third kappa shape index (κ3) is 4.74. The minimum Gasteiger partial charge on any atom is -0.504 e. The lowest BCUT2D eigenvalue weighted by Gasteiger charge is -2.20. The molecule has 9 nitrogen and oxygen atoms in total. The van der Waals surface area contributed by atoms with E-state index in [1.807, 2.05) is 0 Å². The number of anilines is 1. The summed E-state index contributed by atoms with van der Waals surface area (Å²) in [6.45, 7) is 0.940. The Morgan fingerprint density at radius 2 is 2.06 bits per heavy atom. The lowest BCUT2D eigenvalue weighted by molar-refractivity contribution is 0.0940. The minimum atomic E-state index is -0.354. The van der Waals surface area contributed by atoms with Gasteiger partial charge < -0.3 is 32.5 Å². The second-order valence-corrected chi connectivity index (χ2v) is 7.96. The first-order valence-electron chi connectivity index (χ1n) is 9.64. The third-order valence-corrected chi connectivity index (χ3v) is 5.68. The van der Waals surface area contributed by atoms with Gasteiger partial charge >= 0.3 is 0 Å². The van der Waals surface area contributed by atoms with Crippen molar-refractivity contribution in [2.24, 2.45) is 17.2 Å². The van der Waals surface area contributed by atoms with Crippen LogP contribution in [0.1, 0.15) is 27.9 Å². The van der Waals surface area contributed by atoms with E-state index in [0.717, 1.165) is 5.56 Å². The summed E-state index contributed by atoms with van der Waals surface area (Å²) >= 11 is 12.3. The van der Waals surface area contributed by atoms with Crippen LogP contribution >= 0.6 is 23.2 Å². The number of rotatable bonds is 6. The van der Waals surface area contributed by atoms with E-state index in [1.54, 1.807) is 29.2 Å². The van der Waals surface area contributed by atoms with E-state index in [4.69, 9.17) is 45.8 Å². The predicted molar refractivity (Wildman–Crippen MR) is 127 cm³/mol. The Bertz CT molecular complexity index is 1120. The van der Waals surface area contributed by atoms with E-state index in [9.17, 15) is 9.90 Å². The van der Waals surface area contributed by atoms with Crippen molar-refractivity contribution in [1.82, 2.24) is 10.3 Å². The zero-order valence-corrected chi connectivity index (χ0v) is 18.5. The summed E-state index contributed by atoms with van der Waals surface area (Å²) in [5.74, 6) is -0.676. The molecule has 1 atom stereocenters. The van der Waals surface area contributed by atoms with Crippen LogP contribution < -0.4 is 27.4 Å². The molecule has 1 aliphatic heterocycles. The minimum absolute atomic E-state index is 0.0337. The molecule has 0 aliphatic carbocycles. The zero-order chi connectivity index (χ0) is 23.4. The van der Waals surface area contributed by atoms with Crippen molar-refractivity contribution >= 4 is 46.3 Å². The Morgan fingerprint density at radius 1 is 1.31 bits per heavy atom. The number of nitrogens with zero attached hydrogens (tertiary/aromatic N) is 2. The van der Waals surface area contributed by atoms with E-state index >= 15 is 0 Å². The van der Waals surface area contributed by atoms with Gasteiger partial charge in [0.1, 0.15) is 5.84 Å². The Hall–Kier alpha value is -3.43. The molecule has 1 saturated heterocycles. The van der Waals surface area contributed by atoms with Crippen molar-refractivity contribution in [3.8, 4) is 5.75 Å². The number of nitrogens with one attached hydrogen (secondary N) is 2. The SMILES string of the molecule is N=C(N)c1c(Cl)cnc(N2CCC(NC(=O)c3ccc(C(/C=C\N)=C/N)cc3Cl)C2)c1O. The first-order chi connectivity index (χ1) is 15.3. The fourth-order valence-electron chi connectivity index (χ4n) is 3.52. The van der Waals surface area contributed by atoms with Crippen LogP contribution in [0.25, 0.3) is 5.57 Å². The number of pyridine rings is 1. The zero-order valence-electron chi connectivity index (χ0n) is 17.0. The van der Waals surface area contributed by atoms with Crippen LogP contribution in [0.4, 0.5) is 5.82 Å². The molecule has 32 heavy (non-hydrogen) atoms. The number of halogens is 2. The normalized spacial score (nSPS) is 16.5.